The molecule has 8 nitrogen and oxygen atoms in total. The maximum Gasteiger partial charge on any atom is 0.134 e. The Morgan fingerprint density at radius 3 is 2.16 bits per heavy atom. The van der Waals surface area contributed by atoms with Gasteiger partial charge in [0.25, 0.3) is 0 Å². The summed E-state index contributed by atoms with van der Waals surface area (Å²) in [5.74, 6) is -0.179. The van der Waals surface area contributed by atoms with Crippen LogP contribution >= 0.6 is 34.8 Å². The number of hydrogen-bond acceptors (Lipinski definition) is 8. The van der Waals surface area contributed by atoms with Crippen molar-refractivity contribution in [3.05, 3.63) is 0 Å². The van der Waals surface area contributed by atoms with E-state index in [0.717, 1.165) is 0 Å². The maximum absolute atomic E-state index is 10.2. The number of aliphatic hydroxyl groups excluding tert-OH is 5. The number of hydrogen-bond donors (Lipinski definition) is 5. The SMILES string of the molecule is OCC1O[C@H](COC[C@]2(CCl)O[C@H](CCl)C(O)[C@H]2O)C(O)[C@H](O)[C@@H]1Cl. The van der Waals surface area contributed by atoms with Gasteiger partial charge in [-0.05, 0) is 0 Å². The van der Waals surface area contributed by atoms with E-state index in [9.17, 15) is 25.5 Å². The van der Waals surface area contributed by atoms with E-state index >= 15 is 0 Å². The van der Waals surface area contributed by atoms with Crippen molar-refractivity contribution in [3.63, 3.8) is 0 Å². The van der Waals surface area contributed by atoms with Crippen LogP contribution in [-0.2, 0) is 14.2 Å². The number of rotatable bonds is 7. The second-order valence-corrected chi connectivity index (χ2v) is 7.36. The molecule has 9 atom stereocenters. The van der Waals surface area contributed by atoms with Gasteiger partial charge in [-0.3, -0.25) is 0 Å². The lowest BCUT2D eigenvalue weighted by Crippen LogP contribution is -2.58. The Morgan fingerprint density at radius 2 is 1.64 bits per heavy atom. The molecular weight excluding hydrogens is 403 g/mol. The van der Waals surface area contributed by atoms with E-state index in [1.54, 1.807) is 0 Å². The van der Waals surface area contributed by atoms with E-state index in [1.165, 1.54) is 0 Å². The van der Waals surface area contributed by atoms with E-state index in [4.69, 9.17) is 49.0 Å². The van der Waals surface area contributed by atoms with Crippen molar-refractivity contribution in [3.8, 4) is 0 Å². The Bertz CT molecular complexity index is 431. The Kier molecular flexibility index (Phi) is 8.01. The first-order chi connectivity index (χ1) is 11.8. The number of ether oxygens (including phenoxy) is 3. The van der Waals surface area contributed by atoms with Gasteiger partial charge >= 0.3 is 0 Å². The maximum atomic E-state index is 10.2. The zero-order chi connectivity index (χ0) is 18.8. The van der Waals surface area contributed by atoms with Crippen LogP contribution in [0.5, 0.6) is 0 Å². The van der Waals surface area contributed by atoms with Gasteiger partial charge < -0.3 is 39.7 Å². The highest BCUT2D eigenvalue weighted by molar-refractivity contribution is 6.21. The van der Waals surface area contributed by atoms with Crippen LogP contribution in [-0.4, -0.2) is 111 Å². The summed E-state index contributed by atoms with van der Waals surface area (Å²) in [5, 5.41) is 48.3. The topological polar surface area (TPSA) is 129 Å². The Hall–Kier alpha value is 0.550. The van der Waals surface area contributed by atoms with E-state index in [-0.39, 0.29) is 25.0 Å². The molecule has 0 saturated carbocycles. The zero-order valence-corrected chi connectivity index (χ0v) is 15.5. The molecule has 3 unspecified atom stereocenters. The summed E-state index contributed by atoms with van der Waals surface area (Å²) < 4.78 is 16.5. The molecule has 0 aromatic heterocycles. The molecule has 0 aromatic rings. The molecule has 0 spiro atoms. The van der Waals surface area contributed by atoms with Crippen molar-refractivity contribution < 1.29 is 39.7 Å². The number of aliphatic hydroxyl groups is 5. The molecular formula is C14H23Cl3O8. The second kappa shape index (κ2) is 9.16. The van der Waals surface area contributed by atoms with Crippen LogP contribution in [0.15, 0.2) is 0 Å². The summed E-state index contributed by atoms with van der Waals surface area (Å²) in [4.78, 5) is 0. The molecule has 0 amide bonds. The van der Waals surface area contributed by atoms with Crippen LogP contribution in [0, 0.1) is 0 Å². The molecule has 0 radical (unpaired) electrons. The Labute approximate surface area is 160 Å². The smallest absolute Gasteiger partial charge is 0.134 e. The monoisotopic (exact) mass is 424 g/mol. The standard InChI is InChI=1S/C14H23Cl3O8/c15-1-6-11(20)13(22)14(4-16,25-6)5-23-3-8-10(19)12(21)9(17)7(2-18)24-8/h6-13,18-22H,1-5H2/t6-,7?,8-,9-,10?,11?,12-,13-,14+/m1/s1. The Morgan fingerprint density at radius 1 is 0.960 bits per heavy atom. The molecule has 2 rings (SSSR count). The Balaban J connectivity index is 1.94. The summed E-state index contributed by atoms with van der Waals surface area (Å²) in [6.07, 6.45) is -7.68. The fraction of sp³-hybridized carbons (Fsp3) is 1.00. The van der Waals surface area contributed by atoms with E-state index in [2.05, 4.69) is 0 Å². The fourth-order valence-corrected chi connectivity index (χ4v) is 3.82. The highest BCUT2D eigenvalue weighted by atomic mass is 35.5. The average molecular weight is 426 g/mol. The van der Waals surface area contributed by atoms with Gasteiger partial charge in [0.05, 0.1) is 37.0 Å². The molecule has 2 aliphatic rings. The quantitative estimate of drug-likeness (QED) is 0.309. The lowest BCUT2D eigenvalue weighted by atomic mass is 9.96. The van der Waals surface area contributed by atoms with Gasteiger partial charge in [0.15, 0.2) is 0 Å². The summed E-state index contributed by atoms with van der Waals surface area (Å²) in [6, 6.07) is 0. The minimum absolute atomic E-state index is 0.0250. The third-order valence-corrected chi connectivity index (χ3v) is 5.87. The fourth-order valence-electron chi connectivity index (χ4n) is 2.98. The van der Waals surface area contributed by atoms with Crippen LogP contribution in [0.3, 0.4) is 0 Å². The van der Waals surface area contributed by atoms with Crippen LogP contribution in [0.2, 0.25) is 0 Å². The summed E-state index contributed by atoms with van der Waals surface area (Å²) in [6.45, 7) is -0.793. The molecule has 148 valence electrons. The molecule has 0 aromatic carbocycles. The third kappa shape index (κ3) is 4.35. The first-order valence-electron chi connectivity index (χ1n) is 7.81. The van der Waals surface area contributed by atoms with Crippen LogP contribution in [0.1, 0.15) is 0 Å². The minimum atomic E-state index is -1.36. The van der Waals surface area contributed by atoms with Crippen molar-refractivity contribution in [1.82, 2.24) is 0 Å². The van der Waals surface area contributed by atoms with Crippen molar-refractivity contribution >= 4 is 34.8 Å². The third-order valence-electron chi connectivity index (χ3n) is 4.58. The molecule has 0 aliphatic carbocycles. The van der Waals surface area contributed by atoms with Gasteiger partial charge in [0.2, 0.25) is 0 Å². The highest BCUT2D eigenvalue weighted by Gasteiger charge is 2.54. The largest absolute Gasteiger partial charge is 0.394 e. The molecule has 2 saturated heterocycles. The van der Waals surface area contributed by atoms with Gasteiger partial charge in [-0.15, -0.1) is 34.8 Å². The molecule has 25 heavy (non-hydrogen) atoms. The summed E-state index contributed by atoms with van der Waals surface area (Å²) in [7, 11) is 0. The van der Waals surface area contributed by atoms with Gasteiger partial charge in [0, 0.05) is 0 Å². The molecule has 2 aliphatic heterocycles. The number of halogens is 3. The predicted molar refractivity (Wildman–Crippen MR) is 89.3 cm³/mol. The molecule has 0 bridgehead atoms. The van der Waals surface area contributed by atoms with Crippen molar-refractivity contribution in [2.75, 3.05) is 31.6 Å². The van der Waals surface area contributed by atoms with Gasteiger partial charge in [0.1, 0.15) is 48.3 Å². The normalized spacial score (nSPS) is 48.0. The zero-order valence-electron chi connectivity index (χ0n) is 13.2. The average Bonchev–Trinajstić information content (AvgIpc) is 2.86. The van der Waals surface area contributed by atoms with Crippen molar-refractivity contribution in [1.29, 1.82) is 0 Å². The predicted octanol–water partition coefficient (Wildman–Crippen LogP) is -1.57. The van der Waals surface area contributed by atoms with Crippen LogP contribution in [0.4, 0.5) is 0 Å². The van der Waals surface area contributed by atoms with Crippen LogP contribution < -0.4 is 0 Å². The van der Waals surface area contributed by atoms with E-state index in [1.807, 2.05) is 0 Å². The second-order valence-electron chi connectivity index (χ2n) is 6.28. The summed E-state index contributed by atoms with van der Waals surface area (Å²) >= 11 is 17.5. The van der Waals surface area contributed by atoms with E-state index < -0.39 is 60.3 Å². The molecule has 11 heteroatoms. The molecule has 2 heterocycles. The molecule has 5 N–H and O–H groups in total. The first kappa shape index (κ1) is 21.8. The van der Waals surface area contributed by atoms with Gasteiger partial charge in [-0.2, -0.15) is 0 Å². The van der Waals surface area contributed by atoms with Crippen LogP contribution in [0.25, 0.3) is 0 Å². The summed E-state index contributed by atoms with van der Waals surface area (Å²) in [5.41, 5.74) is -1.36. The minimum Gasteiger partial charge on any atom is -0.394 e. The highest BCUT2D eigenvalue weighted by Crippen LogP contribution is 2.34. The first-order valence-corrected chi connectivity index (χ1v) is 9.32. The lowest BCUT2D eigenvalue weighted by molar-refractivity contribution is -0.198. The van der Waals surface area contributed by atoms with Gasteiger partial charge in [-0.1, -0.05) is 0 Å². The lowest BCUT2D eigenvalue weighted by Gasteiger charge is -2.40. The van der Waals surface area contributed by atoms with Crippen molar-refractivity contribution in [2.45, 2.75) is 53.7 Å². The van der Waals surface area contributed by atoms with Gasteiger partial charge in [-0.25, -0.2) is 0 Å². The number of alkyl halides is 3. The molecule has 2 fully saturated rings. The van der Waals surface area contributed by atoms with E-state index in [0.29, 0.717) is 0 Å². The van der Waals surface area contributed by atoms with Crippen molar-refractivity contribution in [2.24, 2.45) is 0 Å².